The van der Waals surface area contributed by atoms with Gasteiger partial charge in [-0.1, -0.05) is 0 Å². The lowest BCUT2D eigenvalue weighted by atomic mass is 10.5. The number of rotatable bonds is 0. The third kappa shape index (κ3) is 0.603. The lowest BCUT2D eigenvalue weighted by Crippen LogP contribution is -1.86. The Morgan fingerprint density at radius 1 is 1.50 bits per heavy atom. The summed E-state index contributed by atoms with van der Waals surface area (Å²) in [4.78, 5) is 8.11. The van der Waals surface area contributed by atoms with E-state index in [0.29, 0.717) is 0 Å². The fraction of sp³-hybridized carbons (Fsp3) is 0.143. The molecule has 0 bridgehead atoms. The van der Waals surface area contributed by atoms with Crippen molar-refractivity contribution in [3.63, 3.8) is 0 Å². The van der Waals surface area contributed by atoms with Gasteiger partial charge < -0.3 is 0 Å². The van der Waals surface area contributed by atoms with E-state index in [2.05, 4.69) is 9.97 Å². The molecule has 0 saturated carbocycles. The van der Waals surface area contributed by atoms with Crippen molar-refractivity contribution in [3.8, 4) is 0 Å². The Labute approximate surface area is 58.4 Å². The summed E-state index contributed by atoms with van der Waals surface area (Å²) < 4.78 is 1.94. The molecule has 0 saturated heterocycles. The molecule has 2 rings (SSSR count). The summed E-state index contributed by atoms with van der Waals surface area (Å²) in [6.07, 6.45) is 5.33. The van der Waals surface area contributed by atoms with Gasteiger partial charge in [-0.3, -0.25) is 4.40 Å². The van der Waals surface area contributed by atoms with Crippen LogP contribution >= 0.6 is 0 Å². The second-order valence-electron chi connectivity index (χ2n) is 2.21. The average molecular weight is 133 g/mol. The lowest BCUT2D eigenvalue weighted by molar-refractivity contribution is 1.04. The highest BCUT2D eigenvalue weighted by molar-refractivity contribution is 5.37. The van der Waals surface area contributed by atoms with E-state index in [0.717, 1.165) is 11.3 Å². The molecule has 0 unspecified atom stereocenters. The van der Waals surface area contributed by atoms with Crippen LogP contribution in [0.4, 0.5) is 0 Å². The average Bonchev–Trinajstić information content (AvgIpc) is 2.34. The van der Waals surface area contributed by atoms with E-state index in [1.807, 2.05) is 23.6 Å². The molecule has 2 aromatic heterocycles. The fourth-order valence-electron chi connectivity index (χ4n) is 0.953. The van der Waals surface area contributed by atoms with Crippen molar-refractivity contribution in [2.75, 3.05) is 0 Å². The number of fused-ring (bicyclic) bond motifs is 1. The Morgan fingerprint density at radius 3 is 3.20 bits per heavy atom. The maximum atomic E-state index is 4.14. The van der Waals surface area contributed by atoms with Gasteiger partial charge in [0.25, 0.3) is 0 Å². The Balaban J connectivity index is 2.93. The largest absolute Gasteiger partial charge is 0.288 e. The third-order valence-corrected chi connectivity index (χ3v) is 1.50. The van der Waals surface area contributed by atoms with Crippen molar-refractivity contribution in [1.29, 1.82) is 0 Å². The van der Waals surface area contributed by atoms with Crippen LogP contribution in [0, 0.1) is 6.92 Å². The molecule has 3 nitrogen and oxygen atoms in total. The van der Waals surface area contributed by atoms with Crippen LogP contribution in [0.25, 0.3) is 5.65 Å². The van der Waals surface area contributed by atoms with Crippen molar-refractivity contribution in [2.45, 2.75) is 6.92 Å². The van der Waals surface area contributed by atoms with E-state index in [1.165, 1.54) is 0 Å². The van der Waals surface area contributed by atoms with Gasteiger partial charge in [-0.25, -0.2) is 9.97 Å². The summed E-state index contributed by atoms with van der Waals surface area (Å²) >= 11 is 0. The quantitative estimate of drug-likeness (QED) is 0.537. The van der Waals surface area contributed by atoms with E-state index in [9.17, 15) is 0 Å². The number of imidazole rings is 1. The first-order valence-electron chi connectivity index (χ1n) is 3.11. The predicted molar refractivity (Wildman–Crippen MR) is 37.7 cm³/mol. The molecule has 10 heavy (non-hydrogen) atoms. The second-order valence-corrected chi connectivity index (χ2v) is 2.21. The Bertz CT molecular complexity index is 350. The molecule has 0 spiro atoms. The first kappa shape index (κ1) is 5.41. The molecular formula is C7H7N3. The van der Waals surface area contributed by atoms with Gasteiger partial charge in [0.2, 0.25) is 0 Å². The van der Waals surface area contributed by atoms with E-state index >= 15 is 0 Å². The normalized spacial score (nSPS) is 10.5. The van der Waals surface area contributed by atoms with Gasteiger partial charge in [-0.05, 0) is 13.0 Å². The highest BCUT2D eigenvalue weighted by Crippen LogP contribution is 2.01. The smallest absolute Gasteiger partial charge is 0.139 e. The van der Waals surface area contributed by atoms with E-state index in [4.69, 9.17) is 0 Å². The maximum absolute atomic E-state index is 4.14. The topological polar surface area (TPSA) is 30.2 Å². The predicted octanol–water partition coefficient (Wildman–Crippen LogP) is 1.04. The summed E-state index contributed by atoms with van der Waals surface area (Å²) in [5.41, 5.74) is 2.07. The van der Waals surface area contributed by atoms with E-state index in [1.54, 1.807) is 12.5 Å². The van der Waals surface area contributed by atoms with Crippen LogP contribution in [0.15, 0.2) is 24.8 Å². The molecule has 0 aliphatic carbocycles. The van der Waals surface area contributed by atoms with Crippen LogP contribution in [0.2, 0.25) is 0 Å². The van der Waals surface area contributed by atoms with Crippen molar-refractivity contribution in [3.05, 3.63) is 30.5 Å². The first-order chi connectivity index (χ1) is 4.88. The Morgan fingerprint density at radius 2 is 2.40 bits per heavy atom. The maximum Gasteiger partial charge on any atom is 0.139 e. The number of hydrogen-bond acceptors (Lipinski definition) is 2. The molecule has 0 radical (unpaired) electrons. The third-order valence-electron chi connectivity index (χ3n) is 1.50. The molecule has 2 heterocycles. The zero-order valence-electron chi connectivity index (χ0n) is 5.65. The molecule has 0 atom stereocenters. The SMILES string of the molecule is Cc1cnc2ccncn12. The summed E-state index contributed by atoms with van der Waals surface area (Å²) in [5, 5.41) is 0. The van der Waals surface area contributed by atoms with Crippen LogP contribution in [0.5, 0.6) is 0 Å². The van der Waals surface area contributed by atoms with Crippen LogP contribution in [0.3, 0.4) is 0 Å². The Hall–Kier alpha value is -1.38. The first-order valence-corrected chi connectivity index (χ1v) is 3.11. The molecule has 0 fully saturated rings. The zero-order valence-corrected chi connectivity index (χ0v) is 5.65. The molecule has 3 heteroatoms. The summed E-state index contributed by atoms with van der Waals surface area (Å²) in [6.45, 7) is 2.00. The van der Waals surface area contributed by atoms with Gasteiger partial charge in [0, 0.05) is 18.1 Å². The van der Waals surface area contributed by atoms with Gasteiger partial charge >= 0.3 is 0 Å². The van der Waals surface area contributed by atoms with Gasteiger partial charge in [-0.2, -0.15) is 0 Å². The summed E-state index contributed by atoms with van der Waals surface area (Å²) in [6, 6.07) is 1.88. The minimum atomic E-state index is 0.951. The van der Waals surface area contributed by atoms with Crippen LogP contribution in [-0.2, 0) is 0 Å². The van der Waals surface area contributed by atoms with E-state index in [-0.39, 0.29) is 0 Å². The van der Waals surface area contributed by atoms with Gasteiger partial charge in [0.05, 0.1) is 0 Å². The molecule has 0 aliphatic rings. The number of aromatic nitrogens is 3. The molecule has 0 aromatic carbocycles. The summed E-state index contributed by atoms with van der Waals surface area (Å²) in [7, 11) is 0. The molecule has 2 aromatic rings. The minimum Gasteiger partial charge on any atom is -0.288 e. The molecule has 0 N–H and O–H groups in total. The minimum absolute atomic E-state index is 0.951. The second kappa shape index (κ2) is 1.80. The lowest BCUT2D eigenvalue weighted by Gasteiger charge is -1.90. The Kier molecular flexibility index (Phi) is 0.974. The molecular weight excluding hydrogens is 126 g/mol. The standard InChI is InChI=1S/C7H7N3/c1-6-4-9-7-2-3-8-5-10(6)7/h2-5H,1H3. The van der Waals surface area contributed by atoms with Gasteiger partial charge in [-0.15, -0.1) is 0 Å². The van der Waals surface area contributed by atoms with Crippen molar-refractivity contribution >= 4 is 5.65 Å². The van der Waals surface area contributed by atoms with Gasteiger partial charge in [0.15, 0.2) is 0 Å². The highest BCUT2D eigenvalue weighted by Gasteiger charge is 1.94. The number of hydrogen-bond donors (Lipinski definition) is 0. The molecule has 50 valence electrons. The number of nitrogens with zero attached hydrogens (tertiary/aromatic N) is 3. The zero-order chi connectivity index (χ0) is 6.97. The van der Waals surface area contributed by atoms with Crippen molar-refractivity contribution < 1.29 is 0 Å². The summed E-state index contributed by atoms with van der Waals surface area (Å²) in [5.74, 6) is 0. The van der Waals surface area contributed by atoms with Crippen molar-refractivity contribution in [2.24, 2.45) is 0 Å². The fourth-order valence-corrected chi connectivity index (χ4v) is 0.953. The molecule has 0 amide bonds. The monoisotopic (exact) mass is 133 g/mol. The van der Waals surface area contributed by atoms with Gasteiger partial charge in [0.1, 0.15) is 12.0 Å². The van der Waals surface area contributed by atoms with Crippen LogP contribution < -0.4 is 0 Å². The highest BCUT2D eigenvalue weighted by atomic mass is 15.0. The van der Waals surface area contributed by atoms with E-state index < -0.39 is 0 Å². The van der Waals surface area contributed by atoms with Crippen molar-refractivity contribution in [1.82, 2.24) is 14.4 Å². The van der Waals surface area contributed by atoms with Crippen LogP contribution in [-0.4, -0.2) is 14.4 Å². The number of aryl methyl sites for hydroxylation is 1. The van der Waals surface area contributed by atoms with Crippen LogP contribution in [0.1, 0.15) is 5.69 Å². The molecule has 0 aliphatic heterocycles.